The molecule has 0 rings (SSSR count). The molecule has 0 atom stereocenters. The molecule has 0 saturated carbocycles. The van der Waals surface area contributed by atoms with Crippen LogP contribution in [0.25, 0.3) is 0 Å². The van der Waals surface area contributed by atoms with Crippen LogP contribution in [0.2, 0.25) is 0 Å². The van der Waals surface area contributed by atoms with E-state index in [1.54, 1.807) is 6.08 Å². The zero-order valence-electron chi connectivity index (χ0n) is 6.63. The van der Waals surface area contributed by atoms with Gasteiger partial charge in [-0.05, 0) is 6.42 Å². The van der Waals surface area contributed by atoms with E-state index < -0.39 is 12.4 Å². The van der Waals surface area contributed by atoms with Gasteiger partial charge in [0.25, 0.3) is 0 Å². The Morgan fingerprint density at radius 1 is 1.45 bits per heavy atom. The number of aliphatic carboxylic acids is 1. The largest absolute Gasteiger partial charge is 1.00 e. The molecule has 0 fully saturated rings. The number of carboxylic acids is 1. The third-order valence-corrected chi connectivity index (χ3v) is 0.969. The molecular formula is C7H9KO3. The van der Waals surface area contributed by atoms with Gasteiger partial charge in [0.1, 0.15) is 5.78 Å². The minimum absolute atomic E-state index is 0. The summed E-state index contributed by atoms with van der Waals surface area (Å²) in [4.78, 5) is 20.4. The van der Waals surface area contributed by atoms with Gasteiger partial charge in [-0.15, -0.1) is 6.58 Å². The van der Waals surface area contributed by atoms with Gasteiger partial charge in [0.2, 0.25) is 0 Å². The van der Waals surface area contributed by atoms with E-state index in [4.69, 9.17) is 0 Å². The molecule has 0 aromatic rings. The summed E-state index contributed by atoms with van der Waals surface area (Å²) in [5, 5.41) is 9.82. The summed E-state index contributed by atoms with van der Waals surface area (Å²) >= 11 is 0. The van der Waals surface area contributed by atoms with Crippen molar-refractivity contribution in [2.24, 2.45) is 0 Å². The Kier molecular flexibility index (Phi) is 11.0. The SMILES string of the molecule is C=CCCC(=O)CC(=O)[O-].[K+]. The minimum Gasteiger partial charge on any atom is -0.550 e. The van der Waals surface area contributed by atoms with Crippen molar-refractivity contribution in [1.82, 2.24) is 0 Å². The first kappa shape index (κ1) is 14.1. The predicted octanol–water partition coefficient (Wildman–Crippen LogP) is -3.33. The van der Waals surface area contributed by atoms with Crippen molar-refractivity contribution in [2.45, 2.75) is 19.3 Å². The topological polar surface area (TPSA) is 57.2 Å². The van der Waals surface area contributed by atoms with Crippen LogP contribution < -0.4 is 56.5 Å². The van der Waals surface area contributed by atoms with Crippen LogP contribution in [0.4, 0.5) is 0 Å². The first-order valence-corrected chi connectivity index (χ1v) is 2.99. The summed E-state index contributed by atoms with van der Waals surface area (Å²) in [6, 6.07) is 0. The van der Waals surface area contributed by atoms with Crippen LogP contribution in [0.15, 0.2) is 12.7 Å². The molecule has 0 radical (unpaired) electrons. The maximum Gasteiger partial charge on any atom is 1.00 e. The number of allylic oxidation sites excluding steroid dienone is 1. The molecule has 56 valence electrons. The summed E-state index contributed by atoms with van der Waals surface area (Å²) in [6.07, 6.45) is 1.88. The summed E-state index contributed by atoms with van der Waals surface area (Å²) < 4.78 is 0. The Bertz CT molecular complexity index is 154. The number of rotatable bonds is 5. The number of ketones is 1. The quantitative estimate of drug-likeness (QED) is 0.252. The van der Waals surface area contributed by atoms with Gasteiger partial charge >= 0.3 is 51.4 Å². The number of Topliss-reactive ketones (excluding diaryl/α,β-unsaturated/α-hetero) is 1. The molecule has 4 heteroatoms. The molecule has 3 nitrogen and oxygen atoms in total. The monoisotopic (exact) mass is 180 g/mol. The van der Waals surface area contributed by atoms with Crippen LogP contribution in [0.3, 0.4) is 0 Å². The standard InChI is InChI=1S/C7H10O3.K/c1-2-3-4-6(8)5-7(9)10;/h2H,1,3-5H2,(H,9,10);/q;+1/p-1. The van der Waals surface area contributed by atoms with E-state index in [0.29, 0.717) is 6.42 Å². The zero-order valence-corrected chi connectivity index (χ0v) is 9.75. The van der Waals surface area contributed by atoms with Crippen LogP contribution in [0.5, 0.6) is 0 Å². The molecule has 0 aromatic heterocycles. The third kappa shape index (κ3) is 10.5. The summed E-state index contributed by atoms with van der Waals surface area (Å²) in [6.45, 7) is 3.40. The molecule has 0 aromatic carbocycles. The van der Waals surface area contributed by atoms with Gasteiger partial charge in [-0.25, -0.2) is 0 Å². The van der Waals surface area contributed by atoms with Gasteiger partial charge in [0.05, 0.1) is 0 Å². The smallest absolute Gasteiger partial charge is 0.550 e. The van der Waals surface area contributed by atoms with Crippen LogP contribution >= 0.6 is 0 Å². The van der Waals surface area contributed by atoms with Crippen LogP contribution in [-0.2, 0) is 9.59 Å². The first-order chi connectivity index (χ1) is 4.66. The van der Waals surface area contributed by atoms with Crippen LogP contribution in [-0.4, -0.2) is 11.8 Å². The first-order valence-electron chi connectivity index (χ1n) is 2.99. The van der Waals surface area contributed by atoms with Gasteiger partial charge in [-0.1, -0.05) is 6.08 Å². The van der Waals surface area contributed by atoms with Gasteiger partial charge < -0.3 is 9.90 Å². The van der Waals surface area contributed by atoms with Crippen molar-refractivity contribution in [2.75, 3.05) is 0 Å². The van der Waals surface area contributed by atoms with Crippen molar-refractivity contribution in [3.8, 4) is 0 Å². The van der Waals surface area contributed by atoms with Crippen molar-refractivity contribution in [3.05, 3.63) is 12.7 Å². The maximum absolute atomic E-state index is 10.5. The summed E-state index contributed by atoms with van der Waals surface area (Å²) in [7, 11) is 0. The van der Waals surface area contributed by atoms with E-state index in [0.717, 1.165) is 0 Å². The van der Waals surface area contributed by atoms with E-state index in [1.165, 1.54) is 0 Å². The van der Waals surface area contributed by atoms with Crippen molar-refractivity contribution in [3.63, 3.8) is 0 Å². The number of carbonyl (C=O) groups is 2. The minimum atomic E-state index is -1.31. The number of hydrogen-bond acceptors (Lipinski definition) is 3. The van der Waals surface area contributed by atoms with E-state index in [1.807, 2.05) is 0 Å². The molecule has 0 aliphatic rings. The van der Waals surface area contributed by atoms with Crippen molar-refractivity contribution in [1.29, 1.82) is 0 Å². The van der Waals surface area contributed by atoms with E-state index in [-0.39, 0.29) is 63.6 Å². The molecule has 0 unspecified atom stereocenters. The summed E-state index contributed by atoms with van der Waals surface area (Å²) in [5.41, 5.74) is 0. The second-order valence-electron chi connectivity index (χ2n) is 1.91. The average Bonchev–Trinajstić information content (AvgIpc) is 1.82. The predicted molar refractivity (Wildman–Crippen MR) is 34.1 cm³/mol. The fraction of sp³-hybridized carbons (Fsp3) is 0.429. The molecule has 11 heavy (non-hydrogen) atoms. The Balaban J connectivity index is 0. The van der Waals surface area contributed by atoms with Crippen molar-refractivity contribution < 1.29 is 66.1 Å². The molecule has 0 aliphatic heterocycles. The van der Waals surface area contributed by atoms with Gasteiger partial charge in [0, 0.05) is 18.8 Å². The average molecular weight is 180 g/mol. The number of hydrogen-bond donors (Lipinski definition) is 0. The van der Waals surface area contributed by atoms with Gasteiger partial charge in [-0.3, -0.25) is 4.79 Å². The molecule has 0 bridgehead atoms. The fourth-order valence-corrected chi connectivity index (χ4v) is 0.512. The Morgan fingerprint density at radius 2 is 2.00 bits per heavy atom. The Labute approximate surface area is 108 Å². The Hall–Kier alpha value is 0.516. The second-order valence-corrected chi connectivity index (χ2v) is 1.91. The van der Waals surface area contributed by atoms with E-state index >= 15 is 0 Å². The van der Waals surface area contributed by atoms with Crippen LogP contribution in [0, 0.1) is 0 Å². The van der Waals surface area contributed by atoms with Gasteiger partial charge in [-0.2, -0.15) is 0 Å². The number of carbonyl (C=O) groups excluding carboxylic acids is 2. The molecule has 0 N–H and O–H groups in total. The Morgan fingerprint density at radius 3 is 2.36 bits per heavy atom. The van der Waals surface area contributed by atoms with Crippen molar-refractivity contribution >= 4 is 11.8 Å². The van der Waals surface area contributed by atoms with E-state index in [9.17, 15) is 14.7 Å². The maximum atomic E-state index is 10.5. The molecule has 0 aliphatic carbocycles. The zero-order chi connectivity index (χ0) is 7.98. The molecule has 0 amide bonds. The number of carboxylic acid groups (broad SMARTS) is 1. The van der Waals surface area contributed by atoms with E-state index in [2.05, 4.69) is 6.58 Å². The molecule has 0 heterocycles. The molecule has 0 saturated heterocycles. The van der Waals surface area contributed by atoms with Crippen LogP contribution in [0.1, 0.15) is 19.3 Å². The third-order valence-electron chi connectivity index (χ3n) is 0.969. The normalized spacial score (nSPS) is 8.00. The fourth-order valence-electron chi connectivity index (χ4n) is 0.512. The molecule has 0 spiro atoms. The summed E-state index contributed by atoms with van der Waals surface area (Å²) in [5.74, 6) is -1.62. The molecular weight excluding hydrogens is 171 g/mol. The van der Waals surface area contributed by atoms with Gasteiger partial charge in [0.15, 0.2) is 0 Å². The second kappa shape index (κ2) is 8.61.